The summed E-state index contributed by atoms with van der Waals surface area (Å²) in [6, 6.07) is 4.06. The highest BCUT2D eigenvalue weighted by Crippen LogP contribution is 2.01. The fourth-order valence-electron chi connectivity index (χ4n) is 1.68. The van der Waals surface area contributed by atoms with Crippen molar-refractivity contribution in [3.8, 4) is 0 Å². The molecule has 1 aromatic rings. The third-order valence-corrected chi connectivity index (χ3v) is 2.85. The fraction of sp³-hybridized carbons (Fsp3) is 0.538. The van der Waals surface area contributed by atoms with Gasteiger partial charge in [0.1, 0.15) is 0 Å². The second-order valence-electron chi connectivity index (χ2n) is 3.98. The molecule has 17 heavy (non-hydrogen) atoms. The quantitative estimate of drug-likeness (QED) is 0.783. The molecule has 1 rings (SSSR count). The highest BCUT2D eigenvalue weighted by molar-refractivity contribution is 5.74. The minimum atomic E-state index is 0.101. The van der Waals surface area contributed by atoms with Crippen molar-refractivity contribution in [2.24, 2.45) is 0 Å². The lowest BCUT2D eigenvalue weighted by Gasteiger charge is -2.26. The lowest BCUT2D eigenvalue weighted by molar-refractivity contribution is 0.168. The van der Waals surface area contributed by atoms with Crippen molar-refractivity contribution in [3.63, 3.8) is 0 Å². The summed E-state index contributed by atoms with van der Waals surface area (Å²) in [5, 5.41) is 0. The van der Waals surface area contributed by atoms with Crippen molar-refractivity contribution in [1.29, 1.82) is 0 Å². The van der Waals surface area contributed by atoms with Gasteiger partial charge in [-0.15, -0.1) is 0 Å². The fourth-order valence-corrected chi connectivity index (χ4v) is 1.68. The zero-order valence-electron chi connectivity index (χ0n) is 10.9. The van der Waals surface area contributed by atoms with Crippen LogP contribution in [0.15, 0.2) is 24.5 Å². The predicted molar refractivity (Wildman–Crippen MR) is 68.9 cm³/mol. The van der Waals surface area contributed by atoms with Gasteiger partial charge >= 0.3 is 6.03 Å². The Morgan fingerprint density at radius 3 is 2.35 bits per heavy atom. The van der Waals surface area contributed by atoms with Crippen LogP contribution in [0.5, 0.6) is 0 Å². The number of hydrogen-bond donors (Lipinski definition) is 0. The van der Waals surface area contributed by atoms with Gasteiger partial charge < -0.3 is 9.80 Å². The minimum Gasteiger partial charge on any atom is -0.327 e. The molecule has 0 radical (unpaired) electrons. The van der Waals surface area contributed by atoms with Crippen molar-refractivity contribution in [2.45, 2.75) is 20.3 Å². The molecule has 0 aliphatic carbocycles. The molecule has 0 atom stereocenters. The van der Waals surface area contributed by atoms with E-state index >= 15 is 0 Å². The normalized spacial score (nSPS) is 10.1. The van der Waals surface area contributed by atoms with Gasteiger partial charge in [0.25, 0.3) is 0 Å². The Bertz CT molecular complexity index is 336. The number of hydrogen-bond acceptors (Lipinski definition) is 2. The Hall–Kier alpha value is -1.58. The Morgan fingerprint density at radius 2 is 1.82 bits per heavy atom. The van der Waals surface area contributed by atoms with Crippen LogP contribution in [0, 0.1) is 0 Å². The maximum Gasteiger partial charge on any atom is 0.319 e. The largest absolute Gasteiger partial charge is 0.327 e. The summed E-state index contributed by atoms with van der Waals surface area (Å²) >= 11 is 0. The van der Waals surface area contributed by atoms with Gasteiger partial charge in [0, 0.05) is 39.1 Å². The molecule has 4 heteroatoms. The van der Waals surface area contributed by atoms with Crippen LogP contribution in [0.25, 0.3) is 0 Å². The van der Waals surface area contributed by atoms with E-state index < -0.39 is 0 Å². The molecule has 0 saturated heterocycles. The number of nitrogens with zero attached hydrogens (tertiary/aromatic N) is 3. The first-order chi connectivity index (χ1) is 8.19. The number of urea groups is 1. The number of aromatic nitrogens is 1. The maximum absolute atomic E-state index is 12.0. The summed E-state index contributed by atoms with van der Waals surface area (Å²) in [4.78, 5) is 19.5. The minimum absolute atomic E-state index is 0.101. The van der Waals surface area contributed by atoms with E-state index in [4.69, 9.17) is 0 Å². The van der Waals surface area contributed by atoms with Crippen LogP contribution >= 0.6 is 0 Å². The van der Waals surface area contributed by atoms with Gasteiger partial charge in [-0.05, 0) is 38.0 Å². The summed E-state index contributed by atoms with van der Waals surface area (Å²) < 4.78 is 0. The Morgan fingerprint density at radius 1 is 1.24 bits per heavy atom. The van der Waals surface area contributed by atoms with E-state index in [0.29, 0.717) is 0 Å². The first kappa shape index (κ1) is 13.5. The van der Waals surface area contributed by atoms with Gasteiger partial charge in [-0.25, -0.2) is 4.79 Å². The number of carbonyl (C=O) groups excluding carboxylic acids is 1. The second-order valence-corrected chi connectivity index (χ2v) is 3.98. The SMILES string of the molecule is CCN(CC)C(=O)N(C)CCc1ccncc1. The van der Waals surface area contributed by atoms with E-state index in [-0.39, 0.29) is 6.03 Å². The molecule has 0 aromatic carbocycles. The van der Waals surface area contributed by atoms with E-state index in [1.54, 1.807) is 17.3 Å². The monoisotopic (exact) mass is 235 g/mol. The third kappa shape index (κ3) is 4.06. The summed E-state index contributed by atoms with van der Waals surface area (Å²) in [5.41, 5.74) is 1.21. The van der Waals surface area contributed by atoms with Crippen LogP contribution < -0.4 is 0 Å². The van der Waals surface area contributed by atoms with Gasteiger partial charge in [-0.3, -0.25) is 4.98 Å². The van der Waals surface area contributed by atoms with Gasteiger partial charge in [0.15, 0.2) is 0 Å². The van der Waals surface area contributed by atoms with Crippen molar-refractivity contribution in [1.82, 2.24) is 14.8 Å². The number of likely N-dealkylation sites (N-methyl/N-ethyl adjacent to an activating group) is 1. The highest BCUT2D eigenvalue weighted by Gasteiger charge is 2.13. The molecule has 0 saturated carbocycles. The third-order valence-electron chi connectivity index (χ3n) is 2.85. The van der Waals surface area contributed by atoms with E-state index in [1.165, 1.54) is 5.56 Å². The van der Waals surface area contributed by atoms with Crippen molar-refractivity contribution < 1.29 is 4.79 Å². The lowest BCUT2D eigenvalue weighted by Crippen LogP contribution is -2.41. The van der Waals surface area contributed by atoms with Crippen LogP contribution in [0.3, 0.4) is 0 Å². The molecular weight excluding hydrogens is 214 g/mol. The number of carbonyl (C=O) groups is 1. The molecular formula is C13H21N3O. The Labute approximate surface area is 103 Å². The number of rotatable bonds is 5. The molecule has 0 unspecified atom stereocenters. The predicted octanol–water partition coefficient (Wildman–Crippen LogP) is 2.02. The Balaban J connectivity index is 2.44. The first-order valence-electron chi connectivity index (χ1n) is 6.08. The molecule has 0 aliphatic rings. The second kappa shape index (κ2) is 6.89. The summed E-state index contributed by atoms with van der Waals surface area (Å²) in [6.07, 6.45) is 4.43. The number of pyridine rings is 1. The van der Waals surface area contributed by atoms with Gasteiger partial charge in [0.2, 0.25) is 0 Å². The molecule has 0 N–H and O–H groups in total. The topological polar surface area (TPSA) is 36.4 Å². The highest BCUT2D eigenvalue weighted by atomic mass is 16.2. The van der Waals surface area contributed by atoms with E-state index in [1.807, 2.05) is 37.9 Å². The zero-order chi connectivity index (χ0) is 12.7. The zero-order valence-corrected chi connectivity index (χ0v) is 10.9. The van der Waals surface area contributed by atoms with E-state index in [9.17, 15) is 4.79 Å². The summed E-state index contributed by atoms with van der Waals surface area (Å²) in [5.74, 6) is 0. The summed E-state index contributed by atoms with van der Waals surface area (Å²) in [6.45, 7) is 6.25. The van der Waals surface area contributed by atoms with Crippen molar-refractivity contribution in [2.75, 3.05) is 26.7 Å². The van der Waals surface area contributed by atoms with Crippen LogP contribution in [-0.4, -0.2) is 47.5 Å². The van der Waals surface area contributed by atoms with Gasteiger partial charge in [-0.1, -0.05) is 0 Å². The average molecular weight is 235 g/mol. The molecule has 0 aliphatic heterocycles. The molecule has 1 aromatic heterocycles. The van der Waals surface area contributed by atoms with Crippen LogP contribution in [-0.2, 0) is 6.42 Å². The lowest BCUT2D eigenvalue weighted by atomic mass is 10.2. The molecule has 0 bridgehead atoms. The van der Waals surface area contributed by atoms with Crippen molar-refractivity contribution >= 4 is 6.03 Å². The average Bonchev–Trinajstić information content (AvgIpc) is 2.38. The maximum atomic E-state index is 12.0. The molecule has 2 amide bonds. The van der Waals surface area contributed by atoms with E-state index in [0.717, 1.165) is 26.1 Å². The Kier molecular flexibility index (Phi) is 5.46. The molecule has 0 spiro atoms. The molecule has 1 heterocycles. The summed E-state index contributed by atoms with van der Waals surface area (Å²) in [7, 11) is 1.85. The van der Waals surface area contributed by atoms with Crippen LogP contribution in [0.1, 0.15) is 19.4 Å². The van der Waals surface area contributed by atoms with Gasteiger partial charge in [0.05, 0.1) is 0 Å². The smallest absolute Gasteiger partial charge is 0.319 e. The van der Waals surface area contributed by atoms with Crippen molar-refractivity contribution in [3.05, 3.63) is 30.1 Å². The first-order valence-corrected chi connectivity index (χ1v) is 6.08. The van der Waals surface area contributed by atoms with E-state index in [2.05, 4.69) is 4.98 Å². The molecule has 94 valence electrons. The molecule has 0 fully saturated rings. The molecule has 4 nitrogen and oxygen atoms in total. The van der Waals surface area contributed by atoms with Crippen LogP contribution in [0.4, 0.5) is 4.79 Å². The van der Waals surface area contributed by atoms with Gasteiger partial charge in [-0.2, -0.15) is 0 Å². The standard InChI is InChI=1S/C13H21N3O/c1-4-16(5-2)13(17)15(3)11-8-12-6-9-14-10-7-12/h6-7,9-10H,4-5,8,11H2,1-3H3. The van der Waals surface area contributed by atoms with Crippen LogP contribution in [0.2, 0.25) is 0 Å². The number of amides is 2.